The second-order valence-electron chi connectivity index (χ2n) is 7.54. The summed E-state index contributed by atoms with van der Waals surface area (Å²) in [6.07, 6.45) is 2.81. The summed E-state index contributed by atoms with van der Waals surface area (Å²) in [5, 5.41) is 3.58. The van der Waals surface area contributed by atoms with Gasteiger partial charge in [0.1, 0.15) is 0 Å². The van der Waals surface area contributed by atoms with Crippen molar-refractivity contribution in [2.24, 2.45) is 0 Å². The Kier molecular flexibility index (Phi) is 4.69. The van der Waals surface area contributed by atoms with Crippen molar-refractivity contribution >= 4 is 11.3 Å². The van der Waals surface area contributed by atoms with Crippen LogP contribution < -0.4 is 5.32 Å². The molecule has 2 aliphatic heterocycles. The van der Waals surface area contributed by atoms with Crippen LogP contribution in [-0.4, -0.2) is 47.6 Å². The highest BCUT2D eigenvalue weighted by Crippen LogP contribution is 2.24. The van der Waals surface area contributed by atoms with Crippen LogP contribution in [0.3, 0.4) is 0 Å². The van der Waals surface area contributed by atoms with Crippen molar-refractivity contribution < 1.29 is 0 Å². The summed E-state index contributed by atoms with van der Waals surface area (Å²) in [5.41, 5.74) is 0.197. The molecule has 0 amide bonds. The number of nitrogens with zero attached hydrogens (tertiary/aromatic N) is 2. The second-order valence-corrected chi connectivity index (χ2v) is 8.79. The van der Waals surface area contributed by atoms with Gasteiger partial charge in [-0.05, 0) is 52.3 Å². The average Bonchev–Trinajstić information content (AvgIpc) is 3.04. The summed E-state index contributed by atoms with van der Waals surface area (Å²) >= 11 is 1.97. The number of hydrogen-bond acceptors (Lipinski definition) is 4. The smallest absolute Gasteiger partial charge is 0.0329 e. The number of rotatable bonds is 4. The van der Waals surface area contributed by atoms with E-state index in [1.807, 2.05) is 11.3 Å². The van der Waals surface area contributed by atoms with Gasteiger partial charge in [-0.3, -0.25) is 9.80 Å². The highest BCUT2D eigenvalue weighted by molar-refractivity contribution is 7.11. The monoisotopic (exact) mass is 307 g/mol. The Labute approximate surface area is 133 Å². The van der Waals surface area contributed by atoms with Crippen LogP contribution in [0.25, 0.3) is 0 Å². The molecule has 3 heterocycles. The van der Waals surface area contributed by atoms with Crippen molar-refractivity contribution in [3.05, 3.63) is 21.9 Å². The van der Waals surface area contributed by atoms with Gasteiger partial charge in [0.2, 0.25) is 0 Å². The molecule has 4 heteroatoms. The maximum absolute atomic E-state index is 3.58. The molecule has 1 N–H and O–H groups in total. The Hall–Kier alpha value is -0.420. The van der Waals surface area contributed by atoms with Gasteiger partial charge < -0.3 is 5.32 Å². The van der Waals surface area contributed by atoms with Crippen LogP contribution in [0.5, 0.6) is 0 Å². The lowest BCUT2D eigenvalue weighted by molar-refractivity contribution is 0.100. The summed E-state index contributed by atoms with van der Waals surface area (Å²) in [6, 6.07) is 5.45. The molecule has 3 rings (SSSR count). The van der Waals surface area contributed by atoms with E-state index in [1.165, 1.54) is 48.8 Å². The normalized spacial score (nSPS) is 24.4. The average molecular weight is 308 g/mol. The van der Waals surface area contributed by atoms with Crippen LogP contribution in [-0.2, 0) is 13.1 Å². The van der Waals surface area contributed by atoms with Crippen molar-refractivity contribution in [2.45, 2.75) is 58.3 Å². The number of thiophene rings is 1. The molecule has 0 radical (unpaired) electrons. The van der Waals surface area contributed by atoms with Crippen LogP contribution in [0, 0.1) is 0 Å². The fourth-order valence-corrected chi connectivity index (χ4v) is 4.37. The van der Waals surface area contributed by atoms with Gasteiger partial charge in [0.05, 0.1) is 0 Å². The maximum Gasteiger partial charge on any atom is 0.0329 e. The van der Waals surface area contributed by atoms with Crippen LogP contribution in [0.4, 0.5) is 0 Å². The molecule has 1 atom stereocenters. The Bertz CT molecular complexity index is 463. The fourth-order valence-electron chi connectivity index (χ4n) is 3.37. The number of fused-ring (bicyclic) bond motifs is 1. The van der Waals surface area contributed by atoms with Gasteiger partial charge >= 0.3 is 0 Å². The molecule has 118 valence electrons. The fraction of sp³-hybridized carbons (Fsp3) is 0.765. The van der Waals surface area contributed by atoms with Gasteiger partial charge in [0.25, 0.3) is 0 Å². The first-order chi connectivity index (χ1) is 9.99. The molecule has 2 saturated heterocycles. The Morgan fingerprint density at radius 1 is 1.19 bits per heavy atom. The zero-order valence-electron chi connectivity index (χ0n) is 13.7. The lowest BCUT2D eigenvalue weighted by Gasteiger charge is -2.37. The molecule has 0 spiro atoms. The third kappa shape index (κ3) is 4.28. The van der Waals surface area contributed by atoms with Crippen molar-refractivity contribution in [2.75, 3.05) is 26.2 Å². The SMILES string of the molecule is CC(C)(C)NCc1ccc(CN2CCN3CCCC3C2)s1. The van der Waals surface area contributed by atoms with E-state index in [-0.39, 0.29) is 5.54 Å². The van der Waals surface area contributed by atoms with Crippen molar-refractivity contribution in [1.82, 2.24) is 15.1 Å². The number of nitrogens with one attached hydrogen (secondary N) is 1. The van der Waals surface area contributed by atoms with Crippen LogP contribution in [0.15, 0.2) is 12.1 Å². The maximum atomic E-state index is 3.58. The van der Waals surface area contributed by atoms with Crippen LogP contribution >= 0.6 is 11.3 Å². The van der Waals surface area contributed by atoms with E-state index in [9.17, 15) is 0 Å². The summed E-state index contributed by atoms with van der Waals surface area (Å²) in [5.74, 6) is 0. The van der Waals surface area contributed by atoms with Gasteiger partial charge in [-0.1, -0.05) is 0 Å². The number of hydrogen-bond donors (Lipinski definition) is 1. The molecule has 0 saturated carbocycles. The van der Waals surface area contributed by atoms with E-state index in [4.69, 9.17) is 0 Å². The minimum atomic E-state index is 0.197. The van der Waals surface area contributed by atoms with Gasteiger partial charge in [-0.25, -0.2) is 0 Å². The van der Waals surface area contributed by atoms with Gasteiger partial charge in [0.15, 0.2) is 0 Å². The van der Waals surface area contributed by atoms with E-state index in [2.05, 4.69) is 48.0 Å². The van der Waals surface area contributed by atoms with Crippen molar-refractivity contribution in [3.8, 4) is 0 Å². The Morgan fingerprint density at radius 3 is 2.81 bits per heavy atom. The summed E-state index contributed by atoms with van der Waals surface area (Å²) in [7, 11) is 0. The lowest BCUT2D eigenvalue weighted by Crippen LogP contribution is -2.49. The van der Waals surface area contributed by atoms with Gasteiger partial charge in [-0.15, -0.1) is 11.3 Å². The minimum Gasteiger partial charge on any atom is -0.307 e. The largest absolute Gasteiger partial charge is 0.307 e. The standard InChI is InChI=1S/C17H29N3S/c1-17(2,3)18-11-15-6-7-16(21-15)13-19-9-10-20-8-4-5-14(20)12-19/h6-7,14,18H,4-5,8-13H2,1-3H3. The van der Waals surface area contributed by atoms with E-state index < -0.39 is 0 Å². The molecule has 3 nitrogen and oxygen atoms in total. The molecular formula is C17H29N3S. The molecule has 1 aromatic rings. The highest BCUT2D eigenvalue weighted by atomic mass is 32.1. The predicted molar refractivity (Wildman–Crippen MR) is 90.8 cm³/mol. The van der Waals surface area contributed by atoms with E-state index in [0.717, 1.165) is 19.1 Å². The van der Waals surface area contributed by atoms with E-state index in [0.29, 0.717) is 0 Å². The van der Waals surface area contributed by atoms with Crippen molar-refractivity contribution in [1.29, 1.82) is 0 Å². The first kappa shape index (κ1) is 15.5. The third-order valence-corrected chi connectivity index (χ3v) is 5.63. The topological polar surface area (TPSA) is 18.5 Å². The lowest BCUT2D eigenvalue weighted by atomic mass is 10.1. The predicted octanol–water partition coefficient (Wildman–Crippen LogP) is 2.92. The minimum absolute atomic E-state index is 0.197. The Balaban J connectivity index is 1.50. The quantitative estimate of drug-likeness (QED) is 0.923. The van der Waals surface area contributed by atoms with E-state index >= 15 is 0 Å². The van der Waals surface area contributed by atoms with Crippen molar-refractivity contribution in [3.63, 3.8) is 0 Å². The first-order valence-corrected chi connectivity index (χ1v) is 9.10. The third-order valence-electron chi connectivity index (χ3n) is 4.56. The zero-order valence-corrected chi connectivity index (χ0v) is 14.5. The zero-order chi connectivity index (χ0) is 14.9. The first-order valence-electron chi connectivity index (χ1n) is 8.29. The molecular weight excluding hydrogens is 278 g/mol. The molecule has 2 aliphatic rings. The summed E-state index contributed by atoms with van der Waals surface area (Å²) in [6.45, 7) is 13.9. The van der Waals surface area contributed by atoms with E-state index in [1.54, 1.807) is 0 Å². The molecule has 2 fully saturated rings. The van der Waals surface area contributed by atoms with Crippen LogP contribution in [0.2, 0.25) is 0 Å². The highest BCUT2D eigenvalue weighted by Gasteiger charge is 2.30. The molecule has 0 aromatic carbocycles. The van der Waals surface area contributed by atoms with Gasteiger partial charge in [-0.2, -0.15) is 0 Å². The number of piperazine rings is 1. The molecule has 0 aliphatic carbocycles. The van der Waals surface area contributed by atoms with Gasteiger partial charge in [0, 0.05) is 54.1 Å². The summed E-state index contributed by atoms with van der Waals surface area (Å²) in [4.78, 5) is 8.31. The molecule has 1 aromatic heterocycles. The summed E-state index contributed by atoms with van der Waals surface area (Å²) < 4.78 is 0. The van der Waals surface area contributed by atoms with Crippen LogP contribution in [0.1, 0.15) is 43.4 Å². The molecule has 0 bridgehead atoms. The molecule has 21 heavy (non-hydrogen) atoms. The molecule has 1 unspecified atom stereocenters. The second kappa shape index (κ2) is 6.37. The Morgan fingerprint density at radius 2 is 2.00 bits per heavy atom.